The fourth-order valence-corrected chi connectivity index (χ4v) is 2.00. The fraction of sp³-hybridized carbons (Fsp3) is 0.583. The molecule has 0 aliphatic heterocycles. The van der Waals surface area contributed by atoms with Crippen molar-refractivity contribution in [1.82, 2.24) is 9.97 Å². The molecule has 0 saturated heterocycles. The van der Waals surface area contributed by atoms with Gasteiger partial charge in [0.25, 0.3) is 0 Å². The molecule has 1 saturated carbocycles. The lowest BCUT2D eigenvalue weighted by molar-refractivity contribution is -0.137. The number of hydrogen-bond acceptors (Lipinski definition) is 4. The first-order valence-electron chi connectivity index (χ1n) is 5.85. The summed E-state index contributed by atoms with van der Waals surface area (Å²) in [7, 11) is 0. The van der Waals surface area contributed by atoms with Crippen molar-refractivity contribution < 1.29 is 9.90 Å². The van der Waals surface area contributed by atoms with Gasteiger partial charge in [0.05, 0.1) is 6.42 Å². The third-order valence-electron chi connectivity index (χ3n) is 2.88. The average Bonchev–Trinajstić information content (AvgIpc) is 2.96. The zero-order chi connectivity index (χ0) is 12.4. The predicted octanol–water partition coefficient (Wildman–Crippen LogP) is 1.76. The molecular formula is C12H17N3O2. The Morgan fingerprint density at radius 3 is 2.76 bits per heavy atom. The molecule has 92 valence electrons. The van der Waals surface area contributed by atoms with E-state index in [1.807, 2.05) is 19.9 Å². The second kappa shape index (κ2) is 4.69. The topological polar surface area (TPSA) is 75.1 Å². The number of aliphatic carboxylic acids is 1. The molecule has 5 heteroatoms. The minimum absolute atomic E-state index is 0.0128. The molecule has 1 fully saturated rings. The van der Waals surface area contributed by atoms with Crippen molar-refractivity contribution in [3.63, 3.8) is 0 Å². The van der Waals surface area contributed by atoms with Crippen LogP contribution in [0.2, 0.25) is 0 Å². The summed E-state index contributed by atoms with van der Waals surface area (Å²) in [6, 6.07) is 1.84. The normalized spacial score (nSPS) is 16.6. The van der Waals surface area contributed by atoms with Crippen molar-refractivity contribution in [2.75, 3.05) is 5.32 Å². The quantitative estimate of drug-likeness (QED) is 0.813. The molecule has 1 atom stereocenters. The number of nitrogens with one attached hydrogen (secondary N) is 1. The van der Waals surface area contributed by atoms with Crippen LogP contribution in [-0.2, 0) is 4.79 Å². The first kappa shape index (κ1) is 11.8. The molecule has 0 radical (unpaired) electrons. The molecular weight excluding hydrogens is 218 g/mol. The summed E-state index contributed by atoms with van der Waals surface area (Å²) >= 11 is 0. The number of anilines is 1. The van der Waals surface area contributed by atoms with E-state index in [0.29, 0.717) is 11.7 Å². The fourth-order valence-electron chi connectivity index (χ4n) is 2.00. The summed E-state index contributed by atoms with van der Waals surface area (Å²) in [5.74, 6) is 1.14. The highest BCUT2D eigenvalue weighted by Crippen LogP contribution is 2.35. The third kappa shape index (κ3) is 3.41. The Morgan fingerprint density at radius 1 is 1.53 bits per heavy atom. The molecule has 1 unspecified atom stereocenters. The van der Waals surface area contributed by atoms with Gasteiger partial charge in [0.2, 0.25) is 0 Å². The number of hydrogen-bond donors (Lipinski definition) is 2. The van der Waals surface area contributed by atoms with Crippen molar-refractivity contribution in [3.05, 3.63) is 17.6 Å². The number of aryl methyl sites for hydroxylation is 2. The Bertz CT molecular complexity index is 410. The molecule has 0 aromatic carbocycles. The molecule has 1 aliphatic carbocycles. The van der Waals surface area contributed by atoms with Gasteiger partial charge in [0.1, 0.15) is 11.6 Å². The van der Waals surface area contributed by atoms with Crippen LogP contribution in [-0.4, -0.2) is 27.1 Å². The molecule has 0 spiro atoms. The number of rotatable bonds is 5. The van der Waals surface area contributed by atoms with Crippen LogP contribution in [0.5, 0.6) is 0 Å². The minimum Gasteiger partial charge on any atom is -0.481 e. The van der Waals surface area contributed by atoms with E-state index in [4.69, 9.17) is 5.11 Å². The maximum absolute atomic E-state index is 10.8. The molecule has 2 rings (SSSR count). The van der Waals surface area contributed by atoms with Crippen LogP contribution in [0.1, 0.15) is 30.8 Å². The van der Waals surface area contributed by atoms with E-state index >= 15 is 0 Å². The van der Waals surface area contributed by atoms with E-state index in [9.17, 15) is 4.79 Å². The van der Waals surface area contributed by atoms with Gasteiger partial charge in [-0.25, -0.2) is 9.97 Å². The van der Waals surface area contributed by atoms with Crippen LogP contribution < -0.4 is 5.32 Å². The van der Waals surface area contributed by atoms with E-state index in [-0.39, 0.29) is 12.5 Å². The largest absolute Gasteiger partial charge is 0.481 e. The summed E-state index contributed by atoms with van der Waals surface area (Å²) in [4.78, 5) is 19.3. The van der Waals surface area contributed by atoms with Crippen LogP contribution in [0.3, 0.4) is 0 Å². The summed E-state index contributed by atoms with van der Waals surface area (Å²) in [6.45, 7) is 3.74. The number of aromatic nitrogens is 2. The summed E-state index contributed by atoms with van der Waals surface area (Å²) in [5.41, 5.74) is 0.893. The van der Waals surface area contributed by atoms with Crippen molar-refractivity contribution in [1.29, 1.82) is 0 Å². The van der Waals surface area contributed by atoms with Gasteiger partial charge in [-0.1, -0.05) is 0 Å². The van der Waals surface area contributed by atoms with Gasteiger partial charge >= 0.3 is 5.97 Å². The van der Waals surface area contributed by atoms with Crippen LogP contribution in [0, 0.1) is 19.8 Å². The minimum atomic E-state index is -0.767. The SMILES string of the molecule is Cc1cc(NC(CC(=O)O)C2CC2)nc(C)n1. The molecule has 1 aliphatic rings. The molecule has 2 N–H and O–H groups in total. The van der Waals surface area contributed by atoms with Crippen LogP contribution in [0.25, 0.3) is 0 Å². The van der Waals surface area contributed by atoms with Crippen molar-refractivity contribution in [2.45, 2.75) is 39.2 Å². The number of nitrogens with zero attached hydrogens (tertiary/aromatic N) is 2. The molecule has 1 aromatic rings. The second-order valence-electron chi connectivity index (χ2n) is 4.63. The Labute approximate surface area is 100 Å². The Morgan fingerprint density at radius 2 is 2.24 bits per heavy atom. The van der Waals surface area contributed by atoms with Gasteiger partial charge in [0, 0.05) is 17.8 Å². The van der Waals surface area contributed by atoms with Crippen LogP contribution in [0.15, 0.2) is 6.07 Å². The van der Waals surface area contributed by atoms with Crippen molar-refractivity contribution in [3.8, 4) is 0 Å². The molecule has 17 heavy (non-hydrogen) atoms. The molecule has 1 aromatic heterocycles. The lowest BCUT2D eigenvalue weighted by Crippen LogP contribution is -2.26. The van der Waals surface area contributed by atoms with Crippen molar-refractivity contribution >= 4 is 11.8 Å². The Hall–Kier alpha value is -1.65. The highest BCUT2D eigenvalue weighted by Gasteiger charge is 2.32. The van der Waals surface area contributed by atoms with E-state index in [2.05, 4.69) is 15.3 Å². The molecule has 0 amide bonds. The summed E-state index contributed by atoms with van der Waals surface area (Å²) in [5, 5.41) is 12.1. The lowest BCUT2D eigenvalue weighted by Gasteiger charge is -2.17. The first-order chi connectivity index (χ1) is 8.04. The maximum Gasteiger partial charge on any atom is 0.305 e. The van der Waals surface area contributed by atoms with Gasteiger partial charge < -0.3 is 10.4 Å². The summed E-state index contributed by atoms with van der Waals surface area (Å²) < 4.78 is 0. The molecule has 5 nitrogen and oxygen atoms in total. The van der Waals surface area contributed by atoms with E-state index < -0.39 is 5.97 Å². The number of carboxylic acid groups (broad SMARTS) is 1. The van der Waals surface area contributed by atoms with Gasteiger partial charge in [-0.2, -0.15) is 0 Å². The lowest BCUT2D eigenvalue weighted by atomic mass is 10.1. The molecule has 0 bridgehead atoms. The smallest absolute Gasteiger partial charge is 0.305 e. The Kier molecular flexibility index (Phi) is 3.26. The predicted molar refractivity (Wildman–Crippen MR) is 63.9 cm³/mol. The third-order valence-corrected chi connectivity index (χ3v) is 2.88. The molecule has 1 heterocycles. The second-order valence-corrected chi connectivity index (χ2v) is 4.63. The van der Waals surface area contributed by atoms with Crippen LogP contribution >= 0.6 is 0 Å². The van der Waals surface area contributed by atoms with Crippen molar-refractivity contribution in [2.24, 2.45) is 5.92 Å². The van der Waals surface area contributed by atoms with Gasteiger partial charge in [-0.05, 0) is 32.6 Å². The zero-order valence-corrected chi connectivity index (χ0v) is 10.1. The summed E-state index contributed by atoms with van der Waals surface area (Å²) in [6.07, 6.45) is 2.36. The zero-order valence-electron chi connectivity index (χ0n) is 10.1. The van der Waals surface area contributed by atoms with Crippen LogP contribution in [0.4, 0.5) is 5.82 Å². The van der Waals surface area contributed by atoms with Gasteiger partial charge in [-0.15, -0.1) is 0 Å². The standard InChI is InChI=1S/C12H17N3O2/c1-7-5-11(14-8(2)13-7)15-10(6-12(16)17)9-3-4-9/h5,9-10H,3-4,6H2,1-2H3,(H,16,17)(H,13,14,15). The highest BCUT2D eigenvalue weighted by molar-refractivity contribution is 5.68. The highest BCUT2D eigenvalue weighted by atomic mass is 16.4. The van der Waals surface area contributed by atoms with E-state index in [1.165, 1.54) is 0 Å². The Balaban J connectivity index is 2.08. The number of carbonyl (C=O) groups is 1. The monoisotopic (exact) mass is 235 g/mol. The first-order valence-corrected chi connectivity index (χ1v) is 5.85. The maximum atomic E-state index is 10.8. The van der Waals surface area contributed by atoms with E-state index in [0.717, 1.165) is 24.4 Å². The average molecular weight is 235 g/mol. The van der Waals surface area contributed by atoms with Gasteiger partial charge in [-0.3, -0.25) is 4.79 Å². The van der Waals surface area contributed by atoms with Gasteiger partial charge in [0.15, 0.2) is 0 Å². The number of carboxylic acids is 1. The van der Waals surface area contributed by atoms with E-state index in [1.54, 1.807) is 0 Å².